The van der Waals surface area contributed by atoms with Crippen molar-refractivity contribution in [2.75, 3.05) is 13.1 Å². The molecule has 1 N–H and O–H groups in total. The molecule has 0 aliphatic rings. The average Bonchev–Trinajstić information content (AvgIpc) is 2.66. The second-order valence-electron chi connectivity index (χ2n) is 5.77. The highest BCUT2D eigenvalue weighted by Gasteiger charge is 2.12. The van der Waals surface area contributed by atoms with Gasteiger partial charge in [0.1, 0.15) is 0 Å². The van der Waals surface area contributed by atoms with E-state index < -0.39 is 0 Å². The van der Waals surface area contributed by atoms with Crippen molar-refractivity contribution in [3.8, 4) is 0 Å². The third-order valence-corrected chi connectivity index (χ3v) is 3.81. The number of carbonyl (C=O) groups is 2. The van der Waals surface area contributed by atoms with Gasteiger partial charge >= 0.3 is 0 Å². The number of hydrogen-bond acceptors (Lipinski definition) is 2. The summed E-state index contributed by atoms with van der Waals surface area (Å²) in [6, 6.07) is 19.0. The summed E-state index contributed by atoms with van der Waals surface area (Å²) >= 11 is 0. The molecule has 130 valence electrons. The second kappa shape index (κ2) is 10.1. The predicted octanol–water partition coefficient (Wildman–Crippen LogP) is 3.41. The molecule has 0 spiro atoms. The minimum Gasteiger partial charge on any atom is -0.352 e. The summed E-state index contributed by atoms with van der Waals surface area (Å²) in [4.78, 5) is 26.1. The molecule has 0 aromatic heterocycles. The van der Waals surface area contributed by atoms with Crippen molar-refractivity contribution < 1.29 is 9.59 Å². The molecule has 0 unspecified atom stereocenters. The Balaban J connectivity index is 1.77. The molecule has 2 aromatic rings. The van der Waals surface area contributed by atoms with E-state index in [2.05, 4.69) is 11.9 Å². The Morgan fingerprint density at radius 1 is 1.00 bits per heavy atom. The molecule has 4 nitrogen and oxygen atoms in total. The van der Waals surface area contributed by atoms with Crippen molar-refractivity contribution in [1.29, 1.82) is 0 Å². The zero-order valence-electron chi connectivity index (χ0n) is 14.4. The second-order valence-corrected chi connectivity index (χ2v) is 5.77. The Morgan fingerprint density at radius 3 is 2.28 bits per heavy atom. The molecule has 0 aliphatic carbocycles. The molecule has 0 bridgehead atoms. The van der Waals surface area contributed by atoms with Crippen LogP contribution in [0.1, 0.15) is 28.8 Å². The monoisotopic (exact) mass is 336 g/mol. The van der Waals surface area contributed by atoms with Crippen LogP contribution in [0.4, 0.5) is 0 Å². The molecule has 0 atom stereocenters. The van der Waals surface area contributed by atoms with Crippen molar-refractivity contribution in [2.24, 2.45) is 0 Å². The van der Waals surface area contributed by atoms with Crippen LogP contribution in [0, 0.1) is 0 Å². The Bertz CT molecular complexity index is 684. The van der Waals surface area contributed by atoms with Gasteiger partial charge in [-0.25, -0.2) is 0 Å². The van der Waals surface area contributed by atoms with Gasteiger partial charge in [-0.3, -0.25) is 9.59 Å². The van der Waals surface area contributed by atoms with Crippen LogP contribution in [0.3, 0.4) is 0 Å². The molecule has 2 amide bonds. The van der Waals surface area contributed by atoms with Gasteiger partial charge in [0, 0.05) is 31.6 Å². The first-order chi connectivity index (χ1) is 12.2. The molecule has 2 rings (SSSR count). The maximum Gasteiger partial charge on any atom is 0.251 e. The van der Waals surface area contributed by atoms with E-state index in [1.54, 1.807) is 23.1 Å². The van der Waals surface area contributed by atoms with Crippen molar-refractivity contribution in [1.82, 2.24) is 10.2 Å². The molecule has 0 fully saturated rings. The Kier molecular flexibility index (Phi) is 7.44. The quantitative estimate of drug-likeness (QED) is 0.563. The molecule has 0 aliphatic heterocycles. The lowest BCUT2D eigenvalue weighted by atomic mass is 10.2. The van der Waals surface area contributed by atoms with E-state index in [9.17, 15) is 9.59 Å². The summed E-state index contributed by atoms with van der Waals surface area (Å²) in [5.74, 6) is -0.0435. The molecule has 0 saturated carbocycles. The first kappa shape index (κ1) is 18.5. The van der Waals surface area contributed by atoms with Crippen LogP contribution in [-0.4, -0.2) is 29.8 Å². The number of benzene rings is 2. The highest BCUT2D eigenvalue weighted by atomic mass is 16.2. The van der Waals surface area contributed by atoms with E-state index in [4.69, 9.17) is 0 Å². The lowest BCUT2D eigenvalue weighted by Crippen LogP contribution is -2.31. The number of rotatable bonds is 9. The summed E-state index contributed by atoms with van der Waals surface area (Å²) in [6.07, 6.45) is 2.74. The number of nitrogens with zero attached hydrogens (tertiary/aromatic N) is 1. The van der Waals surface area contributed by atoms with Gasteiger partial charge in [0.25, 0.3) is 5.91 Å². The van der Waals surface area contributed by atoms with E-state index in [1.807, 2.05) is 48.5 Å². The SMILES string of the molecule is C=CCN(Cc1ccccc1)C(=O)CCCNC(=O)c1ccccc1. The van der Waals surface area contributed by atoms with Crippen LogP contribution in [0.5, 0.6) is 0 Å². The molecule has 0 radical (unpaired) electrons. The summed E-state index contributed by atoms with van der Waals surface area (Å²) in [5.41, 5.74) is 1.72. The fourth-order valence-corrected chi connectivity index (χ4v) is 2.51. The molecule has 0 saturated heterocycles. The number of hydrogen-bond donors (Lipinski definition) is 1. The predicted molar refractivity (Wildman–Crippen MR) is 100 cm³/mol. The average molecular weight is 336 g/mol. The highest BCUT2D eigenvalue weighted by molar-refractivity contribution is 5.94. The first-order valence-electron chi connectivity index (χ1n) is 8.46. The van der Waals surface area contributed by atoms with E-state index in [0.29, 0.717) is 38.0 Å². The third-order valence-electron chi connectivity index (χ3n) is 3.81. The normalized spacial score (nSPS) is 10.1. The topological polar surface area (TPSA) is 49.4 Å². The first-order valence-corrected chi connectivity index (χ1v) is 8.46. The van der Waals surface area contributed by atoms with Gasteiger partial charge in [-0.2, -0.15) is 0 Å². The van der Waals surface area contributed by atoms with Gasteiger partial charge in [-0.15, -0.1) is 6.58 Å². The van der Waals surface area contributed by atoms with E-state index >= 15 is 0 Å². The molecular formula is C21H24N2O2. The summed E-state index contributed by atoms with van der Waals surface area (Å²) in [7, 11) is 0. The molecule has 2 aromatic carbocycles. The van der Waals surface area contributed by atoms with E-state index in [0.717, 1.165) is 5.56 Å². The molecule has 4 heteroatoms. The van der Waals surface area contributed by atoms with Gasteiger partial charge in [0.05, 0.1) is 0 Å². The van der Waals surface area contributed by atoms with Crippen LogP contribution in [0.25, 0.3) is 0 Å². The number of amides is 2. The van der Waals surface area contributed by atoms with E-state index in [-0.39, 0.29) is 11.8 Å². The minimum atomic E-state index is -0.111. The fourth-order valence-electron chi connectivity index (χ4n) is 2.51. The third kappa shape index (κ3) is 6.26. The van der Waals surface area contributed by atoms with Crippen LogP contribution >= 0.6 is 0 Å². The van der Waals surface area contributed by atoms with Crippen molar-refractivity contribution in [3.63, 3.8) is 0 Å². The van der Waals surface area contributed by atoms with Crippen LogP contribution in [-0.2, 0) is 11.3 Å². The van der Waals surface area contributed by atoms with Gasteiger partial charge in [0.2, 0.25) is 5.91 Å². The number of carbonyl (C=O) groups excluding carboxylic acids is 2. The smallest absolute Gasteiger partial charge is 0.251 e. The Morgan fingerprint density at radius 2 is 1.64 bits per heavy atom. The van der Waals surface area contributed by atoms with E-state index in [1.165, 1.54) is 0 Å². The zero-order chi connectivity index (χ0) is 17.9. The maximum absolute atomic E-state index is 12.4. The van der Waals surface area contributed by atoms with Gasteiger partial charge < -0.3 is 10.2 Å². The van der Waals surface area contributed by atoms with Crippen molar-refractivity contribution in [3.05, 3.63) is 84.4 Å². The van der Waals surface area contributed by atoms with Crippen molar-refractivity contribution in [2.45, 2.75) is 19.4 Å². The molecule has 0 heterocycles. The van der Waals surface area contributed by atoms with Crippen LogP contribution < -0.4 is 5.32 Å². The maximum atomic E-state index is 12.4. The number of nitrogens with one attached hydrogen (secondary N) is 1. The van der Waals surface area contributed by atoms with Gasteiger partial charge in [-0.1, -0.05) is 54.6 Å². The minimum absolute atomic E-state index is 0.0673. The fraction of sp³-hybridized carbons (Fsp3) is 0.238. The van der Waals surface area contributed by atoms with Gasteiger partial charge in [0.15, 0.2) is 0 Å². The van der Waals surface area contributed by atoms with Crippen LogP contribution in [0.2, 0.25) is 0 Å². The largest absolute Gasteiger partial charge is 0.352 e. The molecular weight excluding hydrogens is 312 g/mol. The highest BCUT2D eigenvalue weighted by Crippen LogP contribution is 2.07. The molecule has 25 heavy (non-hydrogen) atoms. The summed E-state index contributed by atoms with van der Waals surface area (Å²) in [5, 5.41) is 2.85. The Labute approximate surface area is 149 Å². The summed E-state index contributed by atoms with van der Waals surface area (Å²) < 4.78 is 0. The lowest BCUT2D eigenvalue weighted by molar-refractivity contribution is -0.131. The lowest BCUT2D eigenvalue weighted by Gasteiger charge is -2.21. The summed E-state index contributed by atoms with van der Waals surface area (Å²) in [6.45, 7) is 5.30. The standard InChI is InChI=1S/C21H24N2O2/c1-2-16-23(17-18-10-5-3-6-11-18)20(24)14-9-15-22-21(25)19-12-7-4-8-13-19/h2-8,10-13H,1,9,14-17H2,(H,22,25). The zero-order valence-corrected chi connectivity index (χ0v) is 14.4. The van der Waals surface area contributed by atoms with Gasteiger partial charge in [-0.05, 0) is 24.1 Å². The van der Waals surface area contributed by atoms with Crippen LogP contribution in [0.15, 0.2) is 73.3 Å². The Hall–Kier alpha value is -2.88. The van der Waals surface area contributed by atoms with Crippen molar-refractivity contribution >= 4 is 11.8 Å².